The summed E-state index contributed by atoms with van der Waals surface area (Å²) in [6.45, 7) is 0.185. The van der Waals surface area contributed by atoms with Crippen molar-refractivity contribution in [2.75, 3.05) is 6.61 Å². The van der Waals surface area contributed by atoms with Gasteiger partial charge in [0.05, 0.1) is 11.7 Å². The van der Waals surface area contributed by atoms with Gasteiger partial charge in [0.15, 0.2) is 0 Å². The zero-order valence-corrected chi connectivity index (χ0v) is 17.3. The van der Waals surface area contributed by atoms with E-state index in [-0.39, 0.29) is 24.5 Å². The maximum Gasteiger partial charge on any atom is 0.220 e. The van der Waals surface area contributed by atoms with Crippen LogP contribution in [-0.4, -0.2) is 33.4 Å². The Kier molecular flexibility index (Phi) is 6.71. The second kappa shape index (κ2) is 9.43. The molecule has 2 N–H and O–H groups in total. The first-order valence-corrected chi connectivity index (χ1v) is 11.8. The number of fused-ring (bicyclic) bond motifs is 1. The molecule has 156 valence electrons. The molecule has 3 aliphatic rings. The van der Waals surface area contributed by atoms with Crippen LogP contribution in [0.3, 0.4) is 0 Å². The third kappa shape index (κ3) is 4.45. The van der Waals surface area contributed by atoms with Gasteiger partial charge in [-0.15, -0.1) is 0 Å². The molecule has 2 atom stereocenters. The molecule has 0 aromatic carbocycles. The van der Waals surface area contributed by atoms with Crippen LogP contribution < -0.4 is 5.32 Å². The van der Waals surface area contributed by atoms with Gasteiger partial charge in [0.25, 0.3) is 0 Å². The molecule has 2 fully saturated rings. The average Bonchev–Trinajstić information content (AvgIpc) is 3.12. The zero-order valence-electron chi connectivity index (χ0n) is 17.3. The number of aliphatic hydroxyl groups excluding tert-OH is 1. The lowest BCUT2D eigenvalue weighted by Crippen LogP contribution is -2.43. The number of rotatable bonds is 6. The van der Waals surface area contributed by atoms with E-state index < -0.39 is 0 Å². The lowest BCUT2D eigenvalue weighted by molar-refractivity contribution is -0.122. The first-order chi connectivity index (χ1) is 13.8. The smallest absolute Gasteiger partial charge is 0.220 e. The number of carbonyl (C=O) groups excluding carboxylic acids is 1. The Hall–Kier alpha value is -1.36. The fourth-order valence-corrected chi connectivity index (χ4v) is 5.66. The van der Waals surface area contributed by atoms with Crippen molar-refractivity contribution in [3.8, 4) is 0 Å². The summed E-state index contributed by atoms with van der Waals surface area (Å²) in [6.07, 6.45) is 17.0. The first kappa shape index (κ1) is 19.9. The molecule has 5 heteroatoms. The lowest BCUT2D eigenvalue weighted by Gasteiger charge is -2.30. The number of carbonyl (C=O) groups is 1. The predicted octanol–water partition coefficient (Wildman–Crippen LogP) is 3.87. The largest absolute Gasteiger partial charge is 0.396 e. The van der Waals surface area contributed by atoms with Gasteiger partial charge < -0.3 is 10.4 Å². The van der Waals surface area contributed by atoms with Crippen molar-refractivity contribution >= 4 is 5.91 Å². The molecule has 2 saturated carbocycles. The molecule has 0 aliphatic heterocycles. The molecule has 0 unspecified atom stereocenters. The number of hydrogen-bond acceptors (Lipinski definition) is 3. The van der Waals surface area contributed by atoms with E-state index in [4.69, 9.17) is 5.10 Å². The molecule has 0 saturated heterocycles. The van der Waals surface area contributed by atoms with Crippen LogP contribution in [0.2, 0.25) is 0 Å². The third-order valence-corrected chi connectivity index (χ3v) is 7.29. The Morgan fingerprint density at radius 2 is 1.75 bits per heavy atom. The van der Waals surface area contributed by atoms with E-state index in [0.717, 1.165) is 38.5 Å². The summed E-state index contributed by atoms with van der Waals surface area (Å²) in [6, 6.07) is 0.732. The summed E-state index contributed by atoms with van der Waals surface area (Å²) in [5.74, 6) is 0.359. The molecule has 4 rings (SSSR count). The molecule has 0 bridgehead atoms. The minimum absolute atomic E-state index is 0.127. The quantitative estimate of drug-likeness (QED) is 0.779. The van der Waals surface area contributed by atoms with Crippen LogP contribution in [0.4, 0.5) is 0 Å². The predicted molar refractivity (Wildman–Crippen MR) is 110 cm³/mol. The number of nitrogens with zero attached hydrogens (tertiary/aromatic N) is 2. The molecular formula is C23H37N3O2. The summed E-state index contributed by atoms with van der Waals surface area (Å²) >= 11 is 0. The van der Waals surface area contributed by atoms with E-state index in [1.807, 2.05) is 0 Å². The van der Waals surface area contributed by atoms with Crippen molar-refractivity contribution in [1.29, 1.82) is 0 Å². The second-order valence-electron chi connectivity index (χ2n) is 9.22. The van der Waals surface area contributed by atoms with Crippen molar-refractivity contribution in [1.82, 2.24) is 15.1 Å². The van der Waals surface area contributed by atoms with Gasteiger partial charge in [-0.25, -0.2) is 0 Å². The maximum absolute atomic E-state index is 12.6. The van der Waals surface area contributed by atoms with Crippen LogP contribution in [0.15, 0.2) is 0 Å². The molecule has 1 aromatic heterocycles. The Morgan fingerprint density at radius 3 is 2.57 bits per heavy atom. The molecule has 0 spiro atoms. The monoisotopic (exact) mass is 387 g/mol. The maximum atomic E-state index is 12.6. The van der Waals surface area contributed by atoms with Crippen molar-refractivity contribution in [2.24, 2.45) is 5.92 Å². The summed E-state index contributed by atoms with van der Waals surface area (Å²) in [5, 5.41) is 17.8. The highest BCUT2D eigenvalue weighted by molar-refractivity contribution is 5.76. The Bertz CT molecular complexity index is 663. The highest BCUT2D eigenvalue weighted by atomic mass is 16.3. The van der Waals surface area contributed by atoms with Crippen molar-refractivity contribution in [2.45, 2.75) is 108 Å². The van der Waals surface area contributed by atoms with Crippen LogP contribution in [-0.2, 0) is 24.1 Å². The second-order valence-corrected chi connectivity index (χ2v) is 9.22. The zero-order chi connectivity index (χ0) is 19.3. The van der Waals surface area contributed by atoms with E-state index in [1.54, 1.807) is 0 Å². The number of aromatic nitrogens is 2. The van der Waals surface area contributed by atoms with Gasteiger partial charge in [-0.2, -0.15) is 5.10 Å². The van der Waals surface area contributed by atoms with Crippen LogP contribution in [0, 0.1) is 5.92 Å². The molecule has 0 radical (unpaired) electrons. The molecule has 28 heavy (non-hydrogen) atoms. The summed E-state index contributed by atoms with van der Waals surface area (Å²) in [7, 11) is 0. The van der Waals surface area contributed by atoms with E-state index in [2.05, 4.69) is 10.00 Å². The van der Waals surface area contributed by atoms with Gasteiger partial charge in [-0.05, 0) is 56.9 Å². The lowest BCUT2D eigenvalue weighted by atomic mass is 9.85. The molecule has 3 aliphatic carbocycles. The number of nitrogens with one attached hydrogen (secondary N) is 1. The van der Waals surface area contributed by atoms with E-state index in [1.165, 1.54) is 68.3 Å². The van der Waals surface area contributed by atoms with Gasteiger partial charge in [-0.3, -0.25) is 9.48 Å². The first-order valence-electron chi connectivity index (χ1n) is 11.8. The highest BCUT2D eigenvalue weighted by Crippen LogP contribution is 2.33. The summed E-state index contributed by atoms with van der Waals surface area (Å²) in [5.41, 5.74) is 4.11. The van der Waals surface area contributed by atoms with Crippen molar-refractivity contribution in [3.63, 3.8) is 0 Å². The normalized spacial score (nSPS) is 26.0. The van der Waals surface area contributed by atoms with Crippen LogP contribution in [0.25, 0.3) is 0 Å². The number of aliphatic hydroxyl groups is 1. The highest BCUT2D eigenvalue weighted by Gasteiger charge is 2.28. The average molecular weight is 388 g/mol. The van der Waals surface area contributed by atoms with Crippen LogP contribution in [0.5, 0.6) is 0 Å². The summed E-state index contributed by atoms with van der Waals surface area (Å²) < 4.78 is 2.36. The van der Waals surface area contributed by atoms with E-state index in [0.29, 0.717) is 12.5 Å². The summed E-state index contributed by atoms with van der Waals surface area (Å²) in [4.78, 5) is 12.6. The molecule has 1 heterocycles. The fourth-order valence-electron chi connectivity index (χ4n) is 5.66. The SMILES string of the molecule is O=C(CCc1nn(C2CCCCC2)c2c1CCCC2)N[C@@H]1CCCC[C@H]1CO. The van der Waals surface area contributed by atoms with Crippen LogP contribution in [0.1, 0.15) is 100 Å². The number of hydrogen-bond donors (Lipinski definition) is 2. The Morgan fingerprint density at radius 1 is 1.00 bits per heavy atom. The van der Waals surface area contributed by atoms with Gasteiger partial charge >= 0.3 is 0 Å². The van der Waals surface area contributed by atoms with E-state index >= 15 is 0 Å². The Balaban J connectivity index is 1.40. The molecule has 5 nitrogen and oxygen atoms in total. The van der Waals surface area contributed by atoms with Gasteiger partial charge in [-0.1, -0.05) is 32.1 Å². The van der Waals surface area contributed by atoms with Crippen molar-refractivity contribution < 1.29 is 9.90 Å². The van der Waals surface area contributed by atoms with E-state index in [9.17, 15) is 9.90 Å². The van der Waals surface area contributed by atoms with Gasteiger partial charge in [0, 0.05) is 37.1 Å². The standard InChI is InChI=1S/C23H37N3O2/c27-16-17-8-4-6-12-20(17)24-23(28)15-14-21-19-11-5-7-13-22(19)26(25-21)18-9-2-1-3-10-18/h17-18,20,27H,1-16H2,(H,24,28)/t17-,20+/m0/s1. The topological polar surface area (TPSA) is 67.2 Å². The van der Waals surface area contributed by atoms with Gasteiger partial charge in [0.1, 0.15) is 0 Å². The molecular weight excluding hydrogens is 350 g/mol. The third-order valence-electron chi connectivity index (χ3n) is 7.29. The van der Waals surface area contributed by atoms with Crippen LogP contribution >= 0.6 is 0 Å². The number of aryl methyl sites for hydroxylation is 1. The van der Waals surface area contributed by atoms with Gasteiger partial charge in [0.2, 0.25) is 5.91 Å². The molecule has 1 amide bonds. The minimum Gasteiger partial charge on any atom is -0.396 e. The number of amides is 1. The minimum atomic E-state index is 0.127. The fraction of sp³-hybridized carbons (Fsp3) is 0.826. The van der Waals surface area contributed by atoms with Crippen molar-refractivity contribution in [3.05, 3.63) is 17.0 Å². The Labute approximate surface area is 169 Å². The molecule has 1 aromatic rings.